The van der Waals surface area contributed by atoms with Crippen LogP contribution in [0, 0.1) is 0 Å². The Morgan fingerprint density at radius 1 is 1.35 bits per heavy atom. The highest BCUT2D eigenvalue weighted by Gasteiger charge is 2.39. The van der Waals surface area contributed by atoms with Crippen molar-refractivity contribution in [2.24, 2.45) is 0 Å². The molecule has 1 fully saturated rings. The summed E-state index contributed by atoms with van der Waals surface area (Å²) < 4.78 is 11.2. The molecular formula is C18H25NO4. The summed E-state index contributed by atoms with van der Waals surface area (Å²) in [4.78, 5) is 12.8. The Labute approximate surface area is 137 Å². The molecule has 1 aromatic carbocycles. The maximum Gasteiger partial charge on any atom is 0.407 e. The fraction of sp³-hybridized carbons (Fsp3) is 0.611. The number of benzene rings is 1. The van der Waals surface area contributed by atoms with Gasteiger partial charge in [-0.1, -0.05) is 24.3 Å². The van der Waals surface area contributed by atoms with Crippen LogP contribution in [-0.4, -0.2) is 49.2 Å². The zero-order chi connectivity index (χ0) is 16.3. The van der Waals surface area contributed by atoms with Crippen molar-refractivity contribution in [3.8, 4) is 0 Å². The van der Waals surface area contributed by atoms with Gasteiger partial charge in [0.2, 0.25) is 0 Å². The van der Waals surface area contributed by atoms with E-state index in [1.165, 1.54) is 16.0 Å². The molecule has 1 atom stereocenters. The summed E-state index contributed by atoms with van der Waals surface area (Å²) in [5.74, 6) is 0. The monoisotopic (exact) mass is 319 g/mol. The van der Waals surface area contributed by atoms with E-state index >= 15 is 0 Å². The fourth-order valence-electron chi connectivity index (χ4n) is 4.00. The van der Waals surface area contributed by atoms with Gasteiger partial charge in [-0.05, 0) is 43.2 Å². The smallest absolute Gasteiger partial charge is 0.407 e. The van der Waals surface area contributed by atoms with Gasteiger partial charge in [0.1, 0.15) is 0 Å². The van der Waals surface area contributed by atoms with Crippen LogP contribution in [-0.2, 0) is 21.3 Å². The summed E-state index contributed by atoms with van der Waals surface area (Å²) in [6, 6.07) is 8.47. The van der Waals surface area contributed by atoms with Crippen molar-refractivity contribution in [3.05, 3.63) is 35.4 Å². The van der Waals surface area contributed by atoms with E-state index in [9.17, 15) is 9.90 Å². The Morgan fingerprint density at radius 3 is 2.83 bits per heavy atom. The summed E-state index contributed by atoms with van der Waals surface area (Å²) in [6.45, 7) is 1.83. The molecule has 1 saturated heterocycles. The highest BCUT2D eigenvalue weighted by molar-refractivity contribution is 5.64. The third-order valence-electron chi connectivity index (χ3n) is 5.11. The van der Waals surface area contributed by atoms with Gasteiger partial charge in [0.25, 0.3) is 0 Å². The van der Waals surface area contributed by atoms with Crippen LogP contribution in [0.15, 0.2) is 24.3 Å². The van der Waals surface area contributed by atoms with Gasteiger partial charge < -0.3 is 19.5 Å². The standard InChI is InChI=1S/C18H25NO4/c1-19(17(20)21)13-18(10-8-16-22-11-12-23-16)9-4-6-14-5-2-3-7-15(14)18/h2-3,5,7,16H,4,6,8-13H2,1H3,(H,20,21). The summed E-state index contributed by atoms with van der Waals surface area (Å²) in [6.07, 6.45) is 3.85. The third kappa shape index (κ3) is 3.51. The number of hydrogen-bond donors (Lipinski definition) is 1. The molecule has 1 amide bonds. The molecule has 126 valence electrons. The van der Waals surface area contributed by atoms with Crippen LogP contribution in [0.25, 0.3) is 0 Å². The summed E-state index contributed by atoms with van der Waals surface area (Å²) in [5.41, 5.74) is 2.51. The number of carboxylic acid groups (broad SMARTS) is 1. The molecule has 1 heterocycles. The molecular weight excluding hydrogens is 294 g/mol. The van der Waals surface area contributed by atoms with Crippen LogP contribution < -0.4 is 0 Å². The van der Waals surface area contributed by atoms with Crippen LogP contribution in [0.2, 0.25) is 0 Å². The average Bonchev–Trinajstić information content (AvgIpc) is 3.07. The van der Waals surface area contributed by atoms with Gasteiger partial charge in [0.05, 0.1) is 13.2 Å². The Kier molecular flexibility index (Phi) is 4.87. The van der Waals surface area contributed by atoms with Gasteiger partial charge >= 0.3 is 6.09 Å². The van der Waals surface area contributed by atoms with E-state index in [0.717, 1.165) is 32.1 Å². The normalized spacial score (nSPS) is 24.4. The van der Waals surface area contributed by atoms with E-state index in [-0.39, 0.29) is 11.7 Å². The highest BCUT2D eigenvalue weighted by Crippen LogP contribution is 2.42. The number of nitrogens with zero attached hydrogens (tertiary/aromatic N) is 1. The zero-order valence-electron chi connectivity index (χ0n) is 13.7. The molecule has 5 nitrogen and oxygen atoms in total. The molecule has 1 N–H and O–H groups in total. The van der Waals surface area contributed by atoms with Gasteiger partial charge in [0.15, 0.2) is 6.29 Å². The topological polar surface area (TPSA) is 59.0 Å². The van der Waals surface area contributed by atoms with Crippen molar-refractivity contribution >= 4 is 6.09 Å². The lowest BCUT2D eigenvalue weighted by atomic mass is 9.67. The second kappa shape index (κ2) is 6.89. The fourth-order valence-corrected chi connectivity index (χ4v) is 4.00. The van der Waals surface area contributed by atoms with Gasteiger partial charge in [-0.15, -0.1) is 0 Å². The first kappa shape index (κ1) is 16.3. The SMILES string of the molecule is CN(CC1(CCC2OCCO2)CCCc2ccccc21)C(=O)O. The van der Waals surface area contributed by atoms with E-state index in [1.54, 1.807) is 7.05 Å². The molecule has 2 aliphatic rings. The minimum absolute atomic E-state index is 0.142. The zero-order valence-corrected chi connectivity index (χ0v) is 13.7. The molecule has 5 heteroatoms. The Hall–Kier alpha value is -1.59. The molecule has 1 aliphatic heterocycles. The van der Waals surface area contributed by atoms with E-state index in [0.29, 0.717) is 19.8 Å². The Balaban J connectivity index is 1.85. The van der Waals surface area contributed by atoms with Crippen molar-refractivity contribution in [1.29, 1.82) is 0 Å². The summed E-state index contributed by atoms with van der Waals surface area (Å²) in [5, 5.41) is 9.33. The maximum atomic E-state index is 11.4. The van der Waals surface area contributed by atoms with E-state index in [1.807, 2.05) is 0 Å². The molecule has 1 aromatic rings. The molecule has 0 bridgehead atoms. The molecule has 1 aliphatic carbocycles. The van der Waals surface area contributed by atoms with Crippen LogP contribution in [0.3, 0.4) is 0 Å². The van der Waals surface area contributed by atoms with Crippen LogP contribution in [0.4, 0.5) is 4.79 Å². The lowest BCUT2D eigenvalue weighted by molar-refractivity contribution is -0.0525. The van der Waals surface area contributed by atoms with Gasteiger partial charge in [-0.25, -0.2) is 4.79 Å². The van der Waals surface area contributed by atoms with E-state index in [4.69, 9.17) is 9.47 Å². The maximum absolute atomic E-state index is 11.4. The number of likely N-dealkylation sites (N-methyl/N-ethyl adjacent to an activating group) is 1. The quantitative estimate of drug-likeness (QED) is 0.906. The first-order valence-corrected chi connectivity index (χ1v) is 8.36. The Bertz CT molecular complexity index is 556. The van der Waals surface area contributed by atoms with Crippen molar-refractivity contribution in [1.82, 2.24) is 4.90 Å². The Morgan fingerprint density at radius 2 is 2.09 bits per heavy atom. The van der Waals surface area contributed by atoms with Gasteiger partial charge in [-0.2, -0.15) is 0 Å². The average molecular weight is 319 g/mol. The van der Waals surface area contributed by atoms with Gasteiger partial charge in [-0.3, -0.25) is 0 Å². The second-order valence-electron chi connectivity index (χ2n) is 6.64. The second-order valence-corrected chi connectivity index (χ2v) is 6.64. The predicted molar refractivity (Wildman–Crippen MR) is 86.6 cm³/mol. The minimum atomic E-state index is -0.874. The van der Waals surface area contributed by atoms with Gasteiger partial charge in [0, 0.05) is 19.0 Å². The largest absolute Gasteiger partial charge is 0.465 e. The van der Waals surface area contributed by atoms with Crippen molar-refractivity contribution in [2.75, 3.05) is 26.8 Å². The molecule has 3 rings (SSSR count). The first-order chi connectivity index (χ1) is 11.1. The molecule has 0 saturated carbocycles. The van der Waals surface area contributed by atoms with Crippen LogP contribution in [0.1, 0.15) is 36.8 Å². The number of hydrogen-bond acceptors (Lipinski definition) is 3. The van der Waals surface area contributed by atoms with Crippen LogP contribution in [0.5, 0.6) is 0 Å². The number of aryl methyl sites for hydroxylation is 1. The van der Waals surface area contributed by atoms with Crippen LogP contribution >= 0.6 is 0 Å². The van der Waals surface area contributed by atoms with E-state index < -0.39 is 6.09 Å². The molecule has 0 radical (unpaired) electrons. The highest BCUT2D eigenvalue weighted by atomic mass is 16.7. The summed E-state index contributed by atoms with van der Waals surface area (Å²) >= 11 is 0. The number of rotatable bonds is 5. The lowest BCUT2D eigenvalue weighted by Gasteiger charge is -2.41. The van der Waals surface area contributed by atoms with Crippen molar-refractivity contribution in [2.45, 2.75) is 43.8 Å². The lowest BCUT2D eigenvalue weighted by Crippen LogP contribution is -2.44. The molecule has 1 unspecified atom stereocenters. The molecule has 23 heavy (non-hydrogen) atoms. The van der Waals surface area contributed by atoms with E-state index in [2.05, 4.69) is 24.3 Å². The number of amides is 1. The third-order valence-corrected chi connectivity index (χ3v) is 5.11. The molecule has 0 aromatic heterocycles. The van der Waals surface area contributed by atoms with Crippen molar-refractivity contribution < 1.29 is 19.4 Å². The molecule has 0 spiro atoms. The van der Waals surface area contributed by atoms with Crippen molar-refractivity contribution in [3.63, 3.8) is 0 Å². The first-order valence-electron chi connectivity index (χ1n) is 8.36. The summed E-state index contributed by atoms with van der Waals surface area (Å²) in [7, 11) is 1.66. The number of ether oxygens (including phenoxy) is 2. The minimum Gasteiger partial charge on any atom is -0.465 e. The predicted octanol–water partition coefficient (Wildman–Crippen LogP) is 3.02. The number of fused-ring (bicyclic) bond motifs is 1. The number of carbonyl (C=O) groups is 1.